The maximum absolute atomic E-state index is 12.4. The second-order valence-electron chi connectivity index (χ2n) is 5.93. The molecule has 110 valence electrons. The molecule has 1 aromatic rings. The van der Waals surface area contributed by atoms with E-state index in [1.54, 1.807) is 18.0 Å². The fourth-order valence-corrected chi connectivity index (χ4v) is 4.06. The average molecular weight is 292 g/mol. The summed E-state index contributed by atoms with van der Waals surface area (Å²) >= 11 is 1.68. The molecule has 2 rings (SSSR count). The van der Waals surface area contributed by atoms with Gasteiger partial charge in [0.1, 0.15) is 0 Å². The highest BCUT2D eigenvalue weighted by Gasteiger charge is 2.31. The average Bonchev–Trinajstić information content (AvgIpc) is 2.38. The Hall–Kier alpha value is -1.03. The zero-order valence-electron chi connectivity index (χ0n) is 12.6. The van der Waals surface area contributed by atoms with Gasteiger partial charge in [0.15, 0.2) is 0 Å². The third-order valence-electron chi connectivity index (χ3n) is 3.94. The van der Waals surface area contributed by atoms with Crippen LogP contribution in [0.1, 0.15) is 39.2 Å². The summed E-state index contributed by atoms with van der Waals surface area (Å²) in [5, 5.41) is 0. The molecule has 1 aromatic heterocycles. The third-order valence-corrected chi connectivity index (χ3v) is 4.93. The molecule has 0 aliphatic carbocycles. The van der Waals surface area contributed by atoms with Gasteiger partial charge < -0.3 is 4.90 Å². The van der Waals surface area contributed by atoms with Crippen LogP contribution in [-0.4, -0.2) is 33.6 Å². The second kappa shape index (κ2) is 7.11. The number of aromatic nitrogens is 1. The molecule has 4 heteroatoms. The van der Waals surface area contributed by atoms with Gasteiger partial charge in [-0.05, 0) is 44.2 Å². The lowest BCUT2D eigenvalue weighted by atomic mass is 9.88. The van der Waals surface area contributed by atoms with Gasteiger partial charge >= 0.3 is 0 Å². The minimum absolute atomic E-state index is 0.283. The Bertz CT molecular complexity index is 425. The van der Waals surface area contributed by atoms with Crippen LogP contribution in [-0.2, 0) is 10.5 Å². The molecule has 0 N–H and O–H groups in total. The van der Waals surface area contributed by atoms with E-state index >= 15 is 0 Å². The molecular weight excluding hydrogens is 268 g/mol. The molecular formula is C16H24N2OS. The monoisotopic (exact) mass is 292 g/mol. The molecule has 1 saturated heterocycles. The van der Waals surface area contributed by atoms with E-state index in [2.05, 4.69) is 36.7 Å². The molecule has 1 fully saturated rings. The van der Waals surface area contributed by atoms with E-state index in [1.807, 2.05) is 12.3 Å². The Morgan fingerprint density at radius 2 is 2.05 bits per heavy atom. The molecule has 20 heavy (non-hydrogen) atoms. The Morgan fingerprint density at radius 3 is 2.65 bits per heavy atom. The van der Waals surface area contributed by atoms with Crippen LogP contribution in [0.4, 0.5) is 0 Å². The van der Waals surface area contributed by atoms with Crippen molar-refractivity contribution in [3.8, 4) is 0 Å². The van der Waals surface area contributed by atoms with Crippen LogP contribution in [0.3, 0.4) is 0 Å². The van der Waals surface area contributed by atoms with Gasteiger partial charge in [-0.3, -0.25) is 9.78 Å². The van der Waals surface area contributed by atoms with E-state index < -0.39 is 0 Å². The second-order valence-corrected chi connectivity index (χ2v) is 6.92. The molecule has 3 nitrogen and oxygen atoms in total. The number of nitrogens with zero attached hydrogens (tertiary/aromatic N) is 2. The molecule has 1 unspecified atom stereocenters. The van der Waals surface area contributed by atoms with E-state index in [4.69, 9.17) is 0 Å². The van der Waals surface area contributed by atoms with Crippen molar-refractivity contribution in [3.63, 3.8) is 0 Å². The first-order chi connectivity index (χ1) is 9.58. The van der Waals surface area contributed by atoms with Crippen LogP contribution in [0.2, 0.25) is 0 Å². The molecule has 1 amide bonds. The van der Waals surface area contributed by atoms with Crippen LogP contribution < -0.4 is 0 Å². The van der Waals surface area contributed by atoms with E-state index in [-0.39, 0.29) is 5.91 Å². The van der Waals surface area contributed by atoms with Gasteiger partial charge in [0.05, 0.1) is 5.75 Å². The van der Waals surface area contributed by atoms with Gasteiger partial charge in [0, 0.05) is 30.2 Å². The molecule has 0 saturated carbocycles. The lowest BCUT2D eigenvalue weighted by molar-refractivity contribution is -0.135. The minimum atomic E-state index is 0.283. The third kappa shape index (κ3) is 3.98. The van der Waals surface area contributed by atoms with E-state index in [0.29, 0.717) is 17.8 Å². The van der Waals surface area contributed by atoms with Gasteiger partial charge in [-0.15, -0.1) is 11.8 Å². The summed E-state index contributed by atoms with van der Waals surface area (Å²) in [5.41, 5.74) is 1.18. The van der Waals surface area contributed by atoms with Gasteiger partial charge in [0.25, 0.3) is 0 Å². The molecule has 0 spiro atoms. The highest BCUT2D eigenvalue weighted by Crippen LogP contribution is 2.28. The number of amides is 1. The van der Waals surface area contributed by atoms with Crippen molar-refractivity contribution in [1.82, 2.24) is 9.88 Å². The Kier molecular flexibility index (Phi) is 5.46. The lowest BCUT2D eigenvalue weighted by Crippen LogP contribution is -2.50. The summed E-state index contributed by atoms with van der Waals surface area (Å²) in [4.78, 5) is 18.6. The maximum atomic E-state index is 12.4. The lowest BCUT2D eigenvalue weighted by Gasteiger charge is -2.41. The van der Waals surface area contributed by atoms with Crippen LogP contribution in [0.5, 0.6) is 0 Å². The SMILES string of the molecule is CC1C[C@@H](C)N(C(=O)CSCc2cccnc2)[C@@H](C)C1. The van der Waals surface area contributed by atoms with Crippen LogP contribution in [0, 0.1) is 5.92 Å². The predicted octanol–water partition coefficient (Wildman–Crippen LogP) is 3.35. The molecule has 1 aliphatic heterocycles. The van der Waals surface area contributed by atoms with E-state index in [9.17, 15) is 4.79 Å². The predicted molar refractivity (Wildman–Crippen MR) is 84.6 cm³/mol. The molecule has 0 bridgehead atoms. The van der Waals surface area contributed by atoms with Crippen molar-refractivity contribution in [2.24, 2.45) is 5.92 Å². The number of hydrogen-bond donors (Lipinski definition) is 0. The fourth-order valence-electron chi connectivity index (χ4n) is 3.23. The number of likely N-dealkylation sites (tertiary alicyclic amines) is 1. The first kappa shape index (κ1) is 15.4. The van der Waals surface area contributed by atoms with Crippen molar-refractivity contribution in [3.05, 3.63) is 30.1 Å². The zero-order valence-corrected chi connectivity index (χ0v) is 13.4. The minimum Gasteiger partial charge on any atom is -0.337 e. The molecule has 1 aliphatic rings. The Morgan fingerprint density at radius 1 is 1.35 bits per heavy atom. The number of carbonyl (C=O) groups is 1. The number of pyridine rings is 1. The zero-order chi connectivity index (χ0) is 14.5. The smallest absolute Gasteiger partial charge is 0.233 e. The van der Waals surface area contributed by atoms with E-state index in [1.165, 1.54) is 5.56 Å². The molecule has 2 heterocycles. The van der Waals surface area contributed by atoms with Gasteiger partial charge in [-0.25, -0.2) is 0 Å². The molecule has 3 atom stereocenters. The maximum Gasteiger partial charge on any atom is 0.233 e. The standard InChI is InChI=1S/C16H24N2OS/c1-12-7-13(2)18(14(3)8-12)16(19)11-20-10-15-5-4-6-17-9-15/h4-6,9,12-14H,7-8,10-11H2,1-3H3/t12?,13-,14+. The first-order valence-electron chi connectivity index (χ1n) is 7.35. The van der Waals surface area contributed by atoms with E-state index in [0.717, 1.165) is 24.5 Å². The van der Waals surface area contributed by atoms with Crippen molar-refractivity contribution >= 4 is 17.7 Å². The van der Waals surface area contributed by atoms with Crippen molar-refractivity contribution in [2.75, 3.05) is 5.75 Å². The highest BCUT2D eigenvalue weighted by atomic mass is 32.2. The molecule has 0 aromatic carbocycles. The number of hydrogen-bond acceptors (Lipinski definition) is 3. The first-order valence-corrected chi connectivity index (χ1v) is 8.51. The fraction of sp³-hybridized carbons (Fsp3) is 0.625. The number of piperidine rings is 1. The van der Waals surface area contributed by atoms with Crippen LogP contribution in [0.15, 0.2) is 24.5 Å². The topological polar surface area (TPSA) is 33.2 Å². The van der Waals surface area contributed by atoms with Gasteiger partial charge in [0.2, 0.25) is 5.91 Å². The summed E-state index contributed by atoms with van der Waals surface area (Å²) in [6.45, 7) is 6.64. The Balaban J connectivity index is 1.82. The quantitative estimate of drug-likeness (QED) is 0.853. The number of carbonyl (C=O) groups excluding carboxylic acids is 1. The normalized spacial score (nSPS) is 26.6. The van der Waals surface area contributed by atoms with Gasteiger partial charge in [-0.1, -0.05) is 13.0 Å². The van der Waals surface area contributed by atoms with Gasteiger partial charge in [-0.2, -0.15) is 0 Å². The number of rotatable bonds is 4. The van der Waals surface area contributed by atoms with Crippen LogP contribution >= 0.6 is 11.8 Å². The summed E-state index contributed by atoms with van der Waals surface area (Å²) in [6.07, 6.45) is 5.90. The summed E-state index contributed by atoms with van der Waals surface area (Å²) < 4.78 is 0. The summed E-state index contributed by atoms with van der Waals surface area (Å²) in [7, 11) is 0. The van der Waals surface area contributed by atoms with Crippen molar-refractivity contribution in [2.45, 2.75) is 51.4 Å². The summed E-state index contributed by atoms with van der Waals surface area (Å²) in [6, 6.07) is 4.74. The molecule has 0 radical (unpaired) electrons. The highest BCUT2D eigenvalue weighted by molar-refractivity contribution is 7.99. The van der Waals surface area contributed by atoms with Crippen molar-refractivity contribution in [1.29, 1.82) is 0 Å². The van der Waals surface area contributed by atoms with Crippen LogP contribution in [0.25, 0.3) is 0 Å². The largest absolute Gasteiger partial charge is 0.337 e. The number of thioether (sulfide) groups is 1. The summed E-state index contributed by atoms with van der Waals surface area (Å²) in [5.74, 6) is 2.43. The Labute approximate surface area is 126 Å². The van der Waals surface area contributed by atoms with Crippen molar-refractivity contribution < 1.29 is 4.79 Å².